The van der Waals surface area contributed by atoms with Crippen LogP contribution in [0.2, 0.25) is 0 Å². The van der Waals surface area contributed by atoms with Crippen LogP contribution in [0, 0.1) is 12.3 Å². The Morgan fingerprint density at radius 1 is 1.35 bits per heavy atom. The molecule has 110 valence electrons. The highest BCUT2D eigenvalue weighted by molar-refractivity contribution is 7.22. The average Bonchev–Trinajstić information content (AvgIpc) is 3.02. The van der Waals surface area contributed by atoms with Crippen LogP contribution in [-0.4, -0.2) is 39.6 Å². The molecule has 5 nitrogen and oxygen atoms in total. The molecule has 0 atom stereocenters. The number of nitrogens with zero attached hydrogens (tertiary/aromatic N) is 4. The van der Waals surface area contributed by atoms with Crippen molar-refractivity contribution in [3.05, 3.63) is 5.69 Å². The molecule has 0 radical (unpaired) electrons. The van der Waals surface area contributed by atoms with Crippen LogP contribution in [0.15, 0.2) is 0 Å². The summed E-state index contributed by atoms with van der Waals surface area (Å²) in [5, 5.41) is 15.1. The first-order valence-corrected chi connectivity index (χ1v) is 8.06. The number of thiazole rings is 1. The van der Waals surface area contributed by atoms with Gasteiger partial charge in [0.25, 0.3) is 0 Å². The molecule has 0 saturated carbocycles. The Kier molecular flexibility index (Phi) is 3.46. The molecule has 20 heavy (non-hydrogen) atoms. The molecule has 1 saturated heterocycles. The maximum Gasteiger partial charge on any atom is 0.188 e. The summed E-state index contributed by atoms with van der Waals surface area (Å²) in [6.07, 6.45) is 3.15. The van der Waals surface area contributed by atoms with Gasteiger partial charge in [-0.1, -0.05) is 18.3 Å². The van der Waals surface area contributed by atoms with Crippen molar-refractivity contribution in [3.63, 3.8) is 0 Å². The lowest BCUT2D eigenvalue weighted by atomic mass is 9.77. The Bertz CT molecular complexity index is 569. The first kappa shape index (κ1) is 13.8. The molecule has 6 heteroatoms. The second kappa shape index (κ2) is 5.00. The maximum atomic E-state index is 9.61. The van der Waals surface area contributed by atoms with Crippen molar-refractivity contribution in [2.24, 2.45) is 12.5 Å². The van der Waals surface area contributed by atoms with E-state index in [1.54, 1.807) is 11.3 Å². The fraction of sp³-hybridized carbons (Fsp3) is 0.714. The number of aromatic nitrogens is 3. The molecule has 2 aromatic rings. The van der Waals surface area contributed by atoms with E-state index in [2.05, 4.69) is 16.9 Å². The molecular formula is C14H22N4OS. The van der Waals surface area contributed by atoms with Gasteiger partial charge < -0.3 is 10.0 Å². The number of hydrogen-bond donors (Lipinski definition) is 1. The van der Waals surface area contributed by atoms with Crippen LogP contribution in [0.5, 0.6) is 0 Å². The van der Waals surface area contributed by atoms with Gasteiger partial charge in [0, 0.05) is 26.7 Å². The van der Waals surface area contributed by atoms with Gasteiger partial charge in [0.1, 0.15) is 0 Å². The van der Waals surface area contributed by atoms with E-state index in [0.717, 1.165) is 48.8 Å². The summed E-state index contributed by atoms with van der Waals surface area (Å²) in [7, 11) is 1.95. The van der Waals surface area contributed by atoms with Crippen molar-refractivity contribution >= 4 is 26.8 Å². The van der Waals surface area contributed by atoms with E-state index in [1.807, 2.05) is 18.7 Å². The van der Waals surface area contributed by atoms with Gasteiger partial charge in [-0.2, -0.15) is 5.10 Å². The second-order valence-electron chi connectivity index (χ2n) is 5.86. The topological polar surface area (TPSA) is 54.2 Å². The molecule has 2 aromatic heterocycles. The summed E-state index contributed by atoms with van der Waals surface area (Å²) >= 11 is 1.74. The molecule has 0 spiro atoms. The fourth-order valence-corrected chi connectivity index (χ4v) is 4.09. The number of aliphatic hydroxyl groups excluding tert-OH is 1. The third-order valence-corrected chi connectivity index (χ3v) is 5.93. The number of anilines is 1. The van der Waals surface area contributed by atoms with Crippen LogP contribution in [-0.2, 0) is 7.05 Å². The Morgan fingerprint density at radius 2 is 2.05 bits per heavy atom. The molecule has 1 fully saturated rings. The van der Waals surface area contributed by atoms with Crippen LogP contribution >= 0.6 is 11.3 Å². The van der Waals surface area contributed by atoms with E-state index in [-0.39, 0.29) is 5.41 Å². The molecule has 1 aliphatic rings. The highest BCUT2D eigenvalue weighted by atomic mass is 32.1. The predicted octanol–water partition coefficient (Wildman–Crippen LogP) is 2.33. The molecule has 3 rings (SSSR count). The van der Waals surface area contributed by atoms with Gasteiger partial charge in [0.05, 0.1) is 10.4 Å². The Hall–Kier alpha value is -1.14. The minimum atomic E-state index is 0.130. The van der Waals surface area contributed by atoms with E-state index >= 15 is 0 Å². The van der Waals surface area contributed by atoms with Crippen LogP contribution in [0.25, 0.3) is 10.3 Å². The summed E-state index contributed by atoms with van der Waals surface area (Å²) < 4.78 is 3.05. The SMILES string of the molecule is CCC1(CO)CCN(c2nc3c(s2)c(C)nn3C)CC1. The minimum Gasteiger partial charge on any atom is -0.396 e. The normalized spacial score (nSPS) is 18.9. The van der Waals surface area contributed by atoms with Gasteiger partial charge >= 0.3 is 0 Å². The second-order valence-corrected chi connectivity index (χ2v) is 6.83. The van der Waals surface area contributed by atoms with Gasteiger partial charge in [0.15, 0.2) is 10.8 Å². The average molecular weight is 294 g/mol. The fourth-order valence-electron chi connectivity index (χ4n) is 3.00. The molecule has 0 bridgehead atoms. The molecule has 0 aromatic carbocycles. The number of rotatable bonds is 3. The third-order valence-electron chi connectivity index (χ3n) is 4.71. The standard InChI is InChI=1S/C14H22N4OS/c1-4-14(9-19)5-7-18(8-6-14)13-15-12-11(20-13)10(2)16-17(12)3/h19H,4-9H2,1-3H3. The van der Waals surface area contributed by atoms with Crippen molar-refractivity contribution in [1.29, 1.82) is 0 Å². The Labute approximate surface area is 123 Å². The third kappa shape index (κ3) is 2.11. The summed E-state index contributed by atoms with van der Waals surface area (Å²) in [5.41, 5.74) is 2.17. The lowest BCUT2D eigenvalue weighted by Crippen LogP contribution is -2.41. The van der Waals surface area contributed by atoms with E-state index in [4.69, 9.17) is 4.98 Å². The Balaban J connectivity index is 1.81. The highest BCUT2D eigenvalue weighted by Gasteiger charge is 2.33. The van der Waals surface area contributed by atoms with Gasteiger partial charge in [-0.15, -0.1) is 0 Å². The number of aryl methyl sites for hydroxylation is 2. The maximum absolute atomic E-state index is 9.61. The number of piperidine rings is 1. The summed E-state index contributed by atoms with van der Waals surface area (Å²) in [5.74, 6) is 0. The number of aliphatic hydroxyl groups is 1. The van der Waals surface area contributed by atoms with Crippen LogP contribution in [0.1, 0.15) is 31.9 Å². The molecule has 1 N–H and O–H groups in total. The number of hydrogen-bond acceptors (Lipinski definition) is 5. The summed E-state index contributed by atoms with van der Waals surface area (Å²) in [6, 6.07) is 0. The predicted molar refractivity (Wildman–Crippen MR) is 82.4 cm³/mol. The molecule has 1 aliphatic heterocycles. The molecule has 0 unspecified atom stereocenters. The van der Waals surface area contributed by atoms with Gasteiger partial charge in [-0.05, 0) is 31.6 Å². The molecule has 0 aliphatic carbocycles. The van der Waals surface area contributed by atoms with Crippen LogP contribution in [0.4, 0.5) is 5.13 Å². The zero-order chi connectivity index (χ0) is 14.3. The molecule has 0 amide bonds. The summed E-state index contributed by atoms with van der Waals surface area (Å²) in [4.78, 5) is 7.09. The van der Waals surface area contributed by atoms with Crippen molar-refractivity contribution < 1.29 is 5.11 Å². The van der Waals surface area contributed by atoms with Crippen molar-refractivity contribution in [1.82, 2.24) is 14.8 Å². The smallest absolute Gasteiger partial charge is 0.188 e. The number of fused-ring (bicyclic) bond motifs is 1. The van der Waals surface area contributed by atoms with Crippen molar-refractivity contribution in [3.8, 4) is 0 Å². The molecule has 3 heterocycles. The first-order chi connectivity index (χ1) is 9.58. The van der Waals surface area contributed by atoms with Crippen molar-refractivity contribution in [2.45, 2.75) is 33.1 Å². The molecular weight excluding hydrogens is 272 g/mol. The van der Waals surface area contributed by atoms with Crippen LogP contribution in [0.3, 0.4) is 0 Å². The van der Waals surface area contributed by atoms with E-state index < -0.39 is 0 Å². The van der Waals surface area contributed by atoms with E-state index in [1.165, 1.54) is 4.70 Å². The first-order valence-electron chi connectivity index (χ1n) is 7.24. The van der Waals surface area contributed by atoms with Gasteiger partial charge in [0.2, 0.25) is 0 Å². The highest BCUT2D eigenvalue weighted by Crippen LogP contribution is 2.38. The van der Waals surface area contributed by atoms with Gasteiger partial charge in [-0.25, -0.2) is 9.67 Å². The van der Waals surface area contributed by atoms with Crippen LogP contribution < -0.4 is 4.90 Å². The Morgan fingerprint density at radius 3 is 2.60 bits per heavy atom. The van der Waals surface area contributed by atoms with Crippen molar-refractivity contribution in [2.75, 3.05) is 24.6 Å². The lowest BCUT2D eigenvalue weighted by Gasteiger charge is -2.40. The van der Waals surface area contributed by atoms with E-state index in [0.29, 0.717) is 6.61 Å². The summed E-state index contributed by atoms with van der Waals surface area (Å²) in [6.45, 7) is 6.49. The zero-order valence-corrected chi connectivity index (χ0v) is 13.2. The van der Waals surface area contributed by atoms with E-state index in [9.17, 15) is 5.11 Å². The lowest BCUT2D eigenvalue weighted by molar-refractivity contribution is 0.0922. The largest absolute Gasteiger partial charge is 0.396 e. The minimum absolute atomic E-state index is 0.130. The van der Waals surface area contributed by atoms with Gasteiger partial charge in [-0.3, -0.25) is 0 Å². The quantitative estimate of drug-likeness (QED) is 0.944. The zero-order valence-electron chi connectivity index (χ0n) is 12.4. The monoisotopic (exact) mass is 294 g/mol.